The van der Waals surface area contributed by atoms with Crippen LogP contribution >= 0.6 is 11.8 Å². The molecule has 0 aromatic rings. The molecular weight excluding hydrogens is 300 g/mol. The van der Waals surface area contributed by atoms with Crippen molar-refractivity contribution in [3.05, 3.63) is 12.2 Å². The molecule has 1 fully saturated rings. The predicted octanol–water partition coefficient (Wildman–Crippen LogP) is 1.77. The molecule has 6 nitrogen and oxygen atoms in total. The number of likely N-dealkylation sites (N-methyl/N-ethyl adjacent to an activating group) is 2. The molecule has 0 radical (unpaired) electrons. The van der Waals surface area contributed by atoms with Gasteiger partial charge in [-0.3, -0.25) is 14.6 Å². The van der Waals surface area contributed by atoms with E-state index in [4.69, 9.17) is 0 Å². The van der Waals surface area contributed by atoms with Gasteiger partial charge in [0.05, 0.1) is 0 Å². The fourth-order valence-corrected chi connectivity index (χ4v) is 3.56. The maximum atomic E-state index is 12.5. The number of unbranched alkanes of at least 4 members (excludes halogenated alkanes) is 1. The molecule has 1 saturated heterocycles. The van der Waals surface area contributed by atoms with Crippen molar-refractivity contribution in [1.29, 1.82) is 0 Å². The lowest BCUT2D eigenvalue weighted by Gasteiger charge is -2.30. The van der Waals surface area contributed by atoms with Gasteiger partial charge in [0, 0.05) is 19.8 Å². The molecule has 2 aliphatic rings. The summed E-state index contributed by atoms with van der Waals surface area (Å²) in [6, 6.07) is -0.858. The highest BCUT2D eigenvalue weighted by molar-refractivity contribution is 8.13. The van der Waals surface area contributed by atoms with Crippen LogP contribution in [0.3, 0.4) is 0 Å². The van der Waals surface area contributed by atoms with Crippen LogP contribution in [0.4, 0.5) is 4.79 Å². The third-order valence-electron chi connectivity index (χ3n) is 3.66. The molecule has 0 N–H and O–H groups in total. The number of hydrogen-bond donors (Lipinski definition) is 0. The van der Waals surface area contributed by atoms with Crippen molar-refractivity contribution < 1.29 is 14.2 Å². The zero-order chi connectivity index (χ0) is 16.4. The summed E-state index contributed by atoms with van der Waals surface area (Å²) in [5.41, 5.74) is 0.958. The van der Waals surface area contributed by atoms with E-state index >= 15 is 0 Å². The van der Waals surface area contributed by atoms with E-state index in [1.165, 1.54) is 11.9 Å². The Balaban J connectivity index is 2.36. The number of amidine groups is 2. The van der Waals surface area contributed by atoms with Gasteiger partial charge in [0.2, 0.25) is 0 Å². The number of carbonyl (C=O) groups is 2. The van der Waals surface area contributed by atoms with E-state index in [1.54, 1.807) is 18.8 Å². The number of urea groups is 1. The van der Waals surface area contributed by atoms with Crippen molar-refractivity contribution in [2.45, 2.75) is 32.7 Å². The minimum Gasteiger partial charge on any atom is -0.269 e. The van der Waals surface area contributed by atoms with Crippen molar-refractivity contribution in [2.24, 2.45) is 4.99 Å². The first-order chi connectivity index (χ1) is 10.4. The largest absolute Gasteiger partial charge is 0.358 e. The number of imide groups is 1. The van der Waals surface area contributed by atoms with Crippen LogP contribution < -0.4 is 0 Å². The van der Waals surface area contributed by atoms with Gasteiger partial charge in [-0.05, 0) is 35.7 Å². The SMILES string of the molecule is C=C(C)C[N+]1=C(SCCCC)N=C2C1C(=O)N(C)C(=O)N2C. The molecule has 2 aliphatic heterocycles. The smallest absolute Gasteiger partial charge is 0.269 e. The average Bonchev–Trinajstić information content (AvgIpc) is 2.81. The number of aliphatic imine (C=N–C) groups is 1. The molecule has 120 valence electrons. The van der Waals surface area contributed by atoms with Crippen LogP contribution in [0.25, 0.3) is 0 Å². The van der Waals surface area contributed by atoms with Gasteiger partial charge in [0.1, 0.15) is 6.54 Å². The Kier molecular flexibility index (Phi) is 5.05. The molecule has 0 aromatic carbocycles. The molecule has 2 heterocycles. The van der Waals surface area contributed by atoms with Crippen LogP contribution in [0.1, 0.15) is 26.7 Å². The van der Waals surface area contributed by atoms with Crippen LogP contribution in [-0.2, 0) is 4.79 Å². The fraction of sp³-hybridized carbons (Fsp3) is 0.600. The van der Waals surface area contributed by atoms with Gasteiger partial charge in [-0.2, -0.15) is 0 Å². The minimum atomic E-state index is -0.520. The Morgan fingerprint density at radius 2 is 2.05 bits per heavy atom. The summed E-state index contributed by atoms with van der Waals surface area (Å²) < 4.78 is 1.96. The lowest BCUT2D eigenvalue weighted by Crippen LogP contribution is -2.61. The monoisotopic (exact) mass is 323 g/mol. The number of thioether (sulfide) groups is 1. The van der Waals surface area contributed by atoms with Crippen molar-refractivity contribution >= 4 is 34.7 Å². The summed E-state index contributed by atoms with van der Waals surface area (Å²) in [5.74, 6) is 1.24. The highest BCUT2D eigenvalue weighted by Crippen LogP contribution is 2.23. The van der Waals surface area contributed by atoms with Crippen LogP contribution in [0.15, 0.2) is 17.1 Å². The molecule has 0 bridgehead atoms. The molecule has 7 heteroatoms. The molecule has 1 unspecified atom stereocenters. The Hall–Kier alpha value is -1.63. The molecule has 22 heavy (non-hydrogen) atoms. The number of amides is 3. The third-order valence-corrected chi connectivity index (χ3v) is 4.74. The topological polar surface area (TPSA) is 56.0 Å². The Morgan fingerprint density at radius 1 is 1.36 bits per heavy atom. The Bertz CT molecular complexity index is 582. The van der Waals surface area contributed by atoms with Gasteiger partial charge in [0.25, 0.3) is 17.8 Å². The summed E-state index contributed by atoms with van der Waals surface area (Å²) in [4.78, 5) is 31.8. The van der Waals surface area contributed by atoms with E-state index in [-0.39, 0.29) is 11.9 Å². The first-order valence-corrected chi connectivity index (χ1v) is 8.41. The molecule has 0 aliphatic carbocycles. The zero-order valence-electron chi connectivity index (χ0n) is 13.6. The second-order valence-electron chi connectivity index (χ2n) is 5.68. The maximum Gasteiger partial charge on any atom is 0.358 e. The molecule has 0 saturated carbocycles. The predicted molar refractivity (Wildman–Crippen MR) is 89.5 cm³/mol. The summed E-state index contributed by atoms with van der Waals surface area (Å²) in [5, 5.41) is 0.805. The standard InChI is InChI=1S/C15H23N4O2S/c1-6-7-8-22-14-16-12-11(19(14)9-10(2)3)13(20)18(5)15(21)17(12)4/h11H,2,6-9H2,1,3-5H3/q+1. The van der Waals surface area contributed by atoms with Crippen LogP contribution in [-0.4, -0.2) is 69.8 Å². The number of carbonyl (C=O) groups excluding carboxylic acids is 2. The summed E-state index contributed by atoms with van der Waals surface area (Å²) in [7, 11) is 3.18. The van der Waals surface area contributed by atoms with E-state index in [2.05, 4.69) is 18.5 Å². The van der Waals surface area contributed by atoms with E-state index < -0.39 is 6.04 Å². The van der Waals surface area contributed by atoms with Gasteiger partial charge in [-0.1, -0.05) is 19.9 Å². The number of nitrogens with zero attached hydrogens (tertiary/aromatic N) is 4. The molecule has 0 aromatic heterocycles. The van der Waals surface area contributed by atoms with Crippen molar-refractivity contribution in [1.82, 2.24) is 9.80 Å². The number of rotatable bonds is 5. The third kappa shape index (κ3) is 2.95. The summed E-state index contributed by atoms with van der Waals surface area (Å²) in [6.45, 7) is 8.58. The van der Waals surface area contributed by atoms with Crippen LogP contribution in [0, 0.1) is 0 Å². The van der Waals surface area contributed by atoms with Crippen molar-refractivity contribution in [3.63, 3.8) is 0 Å². The maximum absolute atomic E-state index is 12.5. The Morgan fingerprint density at radius 3 is 2.64 bits per heavy atom. The van der Waals surface area contributed by atoms with Gasteiger partial charge in [-0.25, -0.2) is 9.37 Å². The molecular formula is C15H23N4O2S+. The van der Waals surface area contributed by atoms with Crippen LogP contribution in [0.2, 0.25) is 0 Å². The molecule has 2 rings (SSSR count). The first-order valence-electron chi connectivity index (χ1n) is 7.43. The van der Waals surface area contributed by atoms with Gasteiger partial charge in [0.15, 0.2) is 0 Å². The first kappa shape index (κ1) is 16.7. The highest BCUT2D eigenvalue weighted by Gasteiger charge is 2.52. The lowest BCUT2D eigenvalue weighted by molar-refractivity contribution is -0.524. The van der Waals surface area contributed by atoms with Crippen molar-refractivity contribution in [3.8, 4) is 0 Å². The molecule has 0 spiro atoms. The quantitative estimate of drug-likeness (QED) is 0.440. The molecule has 3 amide bonds. The zero-order valence-corrected chi connectivity index (χ0v) is 14.4. The van der Waals surface area contributed by atoms with E-state index in [1.807, 2.05) is 11.5 Å². The minimum absolute atomic E-state index is 0.228. The molecule has 1 atom stereocenters. The number of hydrogen-bond acceptors (Lipinski definition) is 4. The normalized spacial score (nSPS) is 21.5. The Labute approximate surface area is 135 Å². The lowest BCUT2D eigenvalue weighted by atomic mass is 10.1. The fourth-order valence-electron chi connectivity index (χ4n) is 2.45. The van der Waals surface area contributed by atoms with E-state index in [0.717, 1.165) is 34.2 Å². The van der Waals surface area contributed by atoms with E-state index in [9.17, 15) is 9.59 Å². The number of fused-ring (bicyclic) bond motifs is 1. The van der Waals surface area contributed by atoms with Gasteiger partial charge >= 0.3 is 11.2 Å². The highest BCUT2D eigenvalue weighted by atomic mass is 32.2. The summed E-state index contributed by atoms with van der Waals surface area (Å²) >= 11 is 1.64. The van der Waals surface area contributed by atoms with E-state index in [0.29, 0.717) is 12.4 Å². The average molecular weight is 323 g/mol. The summed E-state index contributed by atoms with van der Waals surface area (Å²) in [6.07, 6.45) is 2.20. The second-order valence-corrected chi connectivity index (χ2v) is 6.74. The van der Waals surface area contributed by atoms with Gasteiger partial charge < -0.3 is 0 Å². The van der Waals surface area contributed by atoms with Crippen LogP contribution in [0.5, 0.6) is 0 Å². The second kappa shape index (κ2) is 6.64. The van der Waals surface area contributed by atoms with Gasteiger partial charge in [-0.15, -0.1) is 0 Å². The van der Waals surface area contributed by atoms with Crippen molar-refractivity contribution in [2.75, 3.05) is 26.4 Å².